The lowest BCUT2D eigenvalue weighted by atomic mass is 10.2. The fourth-order valence-electron chi connectivity index (χ4n) is 2.08. The van der Waals surface area contributed by atoms with Gasteiger partial charge in [-0.1, -0.05) is 46.3 Å². The van der Waals surface area contributed by atoms with Crippen LogP contribution in [0.1, 0.15) is 5.56 Å². The van der Waals surface area contributed by atoms with Crippen molar-refractivity contribution in [3.05, 3.63) is 64.9 Å². The Morgan fingerprint density at radius 3 is 2.86 bits per heavy atom. The second kappa shape index (κ2) is 6.53. The maximum absolute atomic E-state index is 11.9. The summed E-state index contributed by atoms with van der Waals surface area (Å²) in [6.07, 6.45) is 3.26. The number of carbonyl (C=O) groups is 1. The zero-order valence-corrected chi connectivity index (χ0v) is 13.2. The molecule has 6 heteroatoms. The lowest BCUT2D eigenvalue weighted by Gasteiger charge is -2.03. The van der Waals surface area contributed by atoms with Crippen LogP contribution in [-0.2, 0) is 11.3 Å². The average Bonchev–Trinajstić information content (AvgIpc) is 2.92. The van der Waals surface area contributed by atoms with Gasteiger partial charge < -0.3 is 4.57 Å². The Hall–Kier alpha value is -2.47. The second-order valence-electron chi connectivity index (χ2n) is 4.68. The van der Waals surface area contributed by atoms with Crippen LogP contribution in [0.25, 0.3) is 11.0 Å². The summed E-state index contributed by atoms with van der Waals surface area (Å²) in [5.41, 5.74) is 5.21. The van der Waals surface area contributed by atoms with E-state index in [9.17, 15) is 4.79 Å². The number of hydrogen-bond acceptors (Lipinski definition) is 3. The van der Waals surface area contributed by atoms with Gasteiger partial charge in [0, 0.05) is 10.0 Å². The third-order valence-corrected chi connectivity index (χ3v) is 3.86. The number of rotatable bonds is 4. The third-order valence-electron chi connectivity index (χ3n) is 3.14. The summed E-state index contributed by atoms with van der Waals surface area (Å²) in [6.45, 7) is 0.174. The van der Waals surface area contributed by atoms with Crippen molar-refractivity contribution in [3.8, 4) is 0 Å². The summed E-state index contributed by atoms with van der Waals surface area (Å²) in [4.78, 5) is 16.2. The van der Waals surface area contributed by atoms with Crippen molar-refractivity contribution in [1.82, 2.24) is 15.0 Å². The molecule has 3 aromatic rings. The number of benzene rings is 2. The Bertz CT molecular complexity index is 841. The topological polar surface area (TPSA) is 59.3 Å². The fourth-order valence-corrected chi connectivity index (χ4v) is 2.47. The molecule has 0 unspecified atom stereocenters. The van der Waals surface area contributed by atoms with E-state index >= 15 is 0 Å². The molecule has 0 aliphatic carbocycles. The van der Waals surface area contributed by atoms with Crippen LogP contribution in [-0.4, -0.2) is 21.7 Å². The Morgan fingerprint density at radius 1 is 1.23 bits per heavy atom. The number of amides is 1. The minimum Gasteiger partial charge on any atom is -0.321 e. The average molecular weight is 357 g/mol. The number of nitrogens with zero attached hydrogens (tertiary/aromatic N) is 3. The summed E-state index contributed by atoms with van der Waals surface area (Å²) >= 11 is 3.42. The zero-order valence-electron chi connectivity index (χ0n) is 11.6. The highest BCUT2D eigenvalue weighted by Crippen LogP contribution is 2.13. The van der Waals surface area contributed by atoms with Crippen LogP contribution in [0.5, 0.6) is 0 Å². The molecule has 22 heavy (non-hydrogen) atoms. The van der Waals surface area contributed by atoms with Gasteiger partial charge in [0.25, 0.3) is 5.91 Å². The molecule has 0 bridgehead atoms. The lowest BCUT2D eigenvalue weighted by molar-refractivity contribution is -0.121. The van der Waals surface area contributed by atoms with Crippen molar-refractivity contribution in [3.63, 3.8) is 0 Å². The Labute approximate surface area is 135 Å². The predicted octanol–water partition coefficient (Wildman–Crippen LogP) is 2.95. The van der Waals surface area contributed by atoms with Crippen molar-refractivity contribution in [1.29, 1.82) is 0 Å². The van der Waals surface area contributed by atoms with Gasteiger partial charge in [-0.05, 0) is 18.2 Å². The smallest absolute Gasteiger partial charge is 0.260 e. The van der Waals surface area contributed by atoms with E-state index in [-0.39, 0.29) is 12.5 Å². The van der Waals surface area contributed by atoms with E-state index in [4.69, 9.17) is 0 Å². The molecular formula is C16H13BrN4O. The van der Waals surface area contributed by atoms with E-state index in [1.54, 1.807) is 17.1 Å². The van der Waals surface area contributed by atoms with Crippen LogP contribution < -0.4 is 5.43 Å². The van der Waals surface area contributed by atoms with E-state index in [1.807, 2.05) is 48.5 Å². The van der Waals surface area contributed by atoms with Crippen molar-refractivity contribution in [2.75, 3.05) is 0 Å². The monoisotopic (exact) mass is 356 g/mol. The number of nitrogens with one attached hydrogen (secondary N) is 1. The normalized spacial score (nSPS) is 11.1. The van der Waals surface area contributed by atoms with Crippen molar-refractivity contribution < 1.29 is 4.79 Å². The van der Waals surface area contributed by atoms with Crippen molar-refractivity contribution >= 4 is 39.1 Å². The van der Waals surface area contributed by atoms with E-state index < -0.39 is 0 Å². The molecule has 2 aromatic carbocycles. The number of para-hydroxylation sites is 2. The van der Waals surface area contributed by atoms with Crippen LogP contribution in [0, 0.1) is 0 Å². The first-order chi connectivity index (χ1) is 10.7. The number of carbonyl (C=O) groups excluding carboxylic acids is 1. The molecule has 5 nitrogen and oxygen atoms in total. The summed E-state index contributed by atoms with van der Waals surface area (Å²) in [5, 5.41) is 3.97. The van der Waals surface area contributed by atoms with Crippen molar-refractivity contribution in [2.45, 2.75) is 6.54 Å². The van der Waals surface area contributed by atoms with Gasteiger partial charge in [0.1, 0.15) is 6.54 Å². The summed E-state index contributed by atoms with van der Waals surface area (Å²) in [5.74, 6) is -0.202. The maximum atomic E-state index is 11.9. The Kier molecular flexibility index (Phi) is 4.29. The first kappa shape index (κ1) is 14.5. The van der Waals surface area contributed by atoms with Gasteiger partial charge in [0.05, 0.1) is 23.6 Å². The van der Waals surface area contributed by atoms with Crippen LogP contribution in [0.3, 0.4) is 0 Å². The number of hydrazone groups is 1. The molecule has 0 radical (unpaired) electrons. The quantitative estimate of drug-likeness (QED) is 0.577. The lowest BCUT2D eigenvalue weighted by Crippen LogP contribution is -2.22. The van der Waals surface area contributed by atoms with Gasteiger partial charge in [-0.25, -0.2) is 10.4 Å². The van der Waals surface area contributed by atoms with Gasteiger partial charge in [-0.15, -0.1) is 0 Å². The Balaban J connectivity index is 1.65. The molecule has 0 spiro atoms. The molecule has 1 aromatic heterocycles. The van der Waals surface area contributed by atoms with E-state index in [0.29, 0.717) is 0 Å². The van der Waals surface area contributed by atoms with E-state index in [2.05, 4.69) is 31.4 Å². The van der Waals surface area contributed by atoms with Crippen LogP contribution >= 0.6 is 15.9 Å². The molecule has 0 aliphatic rings. The molecule has 3 rings (SSSR count). The molecule has 0 atom stereocenters. The Morgan fingerprint density at radius 2 is 2.00 bits per heavy atom. The predicted molar refractivity (Wildman–Crippen MR) is 89.6 cm³/mol. The fraction of sp³-hybridized carbons (Fsp3) is 0.0625. The van der Waals surface area contributed by atoms with Gasteiger partial charge in [-0.3, -0.25) is 4.79 Å². The summed E-state index contributed by atoms with van der Waals surface area (Å²) < 4.78 is 2.71. The van der Waals surface area contributed by atoms with E-state index in [1.165, 1.54) is 0 Å². The SMILES string of the molecule is O=C(Cn1cnc2ccccc21)NN=Cc1ccccc1Br. The maximum Gasteiger partial charge on any atom is 0.260 e. The van der Waals surface area contributed by atoms with Crippen LogP contribution in [0.15, 0.2) is 64.4 Å². The highest BCUT2D eigenvalue weighted by Gasteiger charge is 2.05. The van der Waals surface area contributed by atoms with Gasteiger partial charge >= 0.3 is 0 Å². The molecule has 110 valence electrons. The van der Waals surface area contributed by atoms with Gasteiger partial charge in [0.15, 0.2) is 0 Å². The number of fused-ring (bicyclic) bond motifs is 1. The molecule has 0 aliphatic heterocycles. The molecule has 1 heterocycles. The molecular weight excluding hydrogens is 344 g/mol. The summed E-state index contributed by atoms with van der Waals surface area (Å²) in [6, 6.07) is 15.3. The van der Waals surface area contributed by atoms with Gasteiger partial charge in [0.2, 0.25) is 0 Å². The third kappa shape index (κ3) is 3.23. The van der Waals surface area contributed by atoms with Gasteiger partial charge in [-0.2, -0.15) is 5.10 Å². The zero-order chi connectivity index (χ0) is 15.4. The van der Waals surface area contributed by atoms with Crippen molar-refractivity contribution in [2.24, 2.45) is 5.10 Å². The minimum absolute atomic E-state index is 0.174. The summed E-state index contributed by atoms with van der Waals surface area (Å²) in [7, 11) is 0. The molecule has 0 saturated carbocycles. The molecule has 0 saturated heterocycles. The standard InChI is InChI=1S/C16H13BrN4O/c17-13-6-2-1-5-12(13)9-19-20-16(22)10-21-11-18-14-7-3-4-8-15(14)21/h1-9,11H,10H2,(H,20,22). The highest BCUT2D eigenvalue weighted by atomic mass is 79.9. The number of halogens is 1. The highest BCUT2D eigenvalue weighted by molar-refractivity contribution is 9.10. The first-order valence-corrected chi connectivity index (χ1v) is 7.49. The minimum atomic E-state index is -0.202. The second-order valence-corrected chi connectivity index (χ2v) is 5.53. The largest absolute Gasteiger partial charge is 0.321 e. The number of imidazole rings is 1. The number of hydrogen-bond donors (Lipinski definition) is 1. The first-order valence-electron chi connectivity index (χ1n) is 6.70. The van der Waals surface area contributed by atoms with E-state index in [0.717, 1.165) is 21.1 Å². The molecule has 1 N–H and O–H groups in total. The van der Waals surface area contributed by atoms with Crippen LogP contribution in [0.4, 0.5) is 0 Å². The molecule has 1 amide bonds. The van der Waals surface area contributed by atoms with Crippen LogP contribution in [0.2, 0.25) is 0 Å². The molecule has 0 fully saturated rings. The number of aromatic nitrogens is 2.